The minimum Gasteiger partial charge on any atom is -0.435 e. The molecule has 0 fully saturated rings. The monoisotopic (exact) mass is 171 g/mol. The summed E-state index contributed by atoms with van der Waals surface area (Å²) in [6, 6.07) is 0. The average molecular weight is 171 g/mol. The summed E-state index contributed by atoms with van der Waals surface area (Å²) in [5.74, 6) is 0. The van der Waals surface area contributed by atoms with Crippen molar-refractivity contribution in [1.29, 1.82) is 0 Å². The summed E-state index contributed by atoms with van der Waals surface area (Å²) in [6.45, 7) is 3.20. The van der Waals surface area contributed by atoms with Crippen molar-refractivity contribution in [2.75, 3.05) is 20.3 Å². The van der Waals surface area contributed by atoms with E-state index < -0.39 is 6.09 Å². The molecular formula is C8H15N2O2+. The molecule has 1 aliphatic rings. The maximum absolute atomic E-state index is 11.0. The summed E-state index contributed by atoms with van der Waals surface area (Å²) in [6.07, 6.45) is 3.68. The van der Waals surface area contributed by atoms with Crippen LogP contribution in [0.3, 0.4) is 0 Å². The lowest BCUT2D eigenvalue weighted by Gasteiger charge is -2.25. The Kier molecular flexibility index (Phi) is 2.38. The predicted molar refractivity (Wildman–Crippen MR) is 45.2 cm³/mol. The van der Waals surface area contributed by atoms with Gasteiger partial charge in [0.2, 0.25) is 0 Å². The zero-order valence-corrected chi connectivity index (χ0v) is 7.53. The van der Waals surface area contributed by atoms with Crippen molar-refractivity contribution < 1.29 is 14.4 Å². The Morgan fingerprint density at radius 1 is 1.75 bits per heavy atom. The highest BCUT2D eigenvalue weighted by molar-refractivity contribution is 5.57. The van der Waals surface area contributed by atoms with E-state index in [1.54, 1.807) is 6.20 Å². The van der Waals surface area contributed by atoms with Crippen LogP contribution >= 0.6 is 0 Å². The zero-order chi connectivity index (χ0) is 9.19. The van der Waals surface area contributed by atoms with Crippen LogP contribution in [-0.2, 0) is 0 Å². The van der Waals surface area contributed by atoms with E-state index in [4.69, 9.17) is 5.11 Å². The Bertz CT molecular complexity index is 215. The van der Waals surface area contributed by atoms with Gasteiger partial charge in [-0.2, -0.15) is 9.28 Å². The molecule has 1 aliphatic heterocycles. The summed E-state index contributed by atoms with van der Waals surface area (Å²) in [5.41, 5.74) is 0. The summed E-state index contributed by atoms with van der Waals surface area (Å²) in [7, 11) is 1.88. The molecule has 1 heterocycles. The number of rotatable bonds is 2. The van der Waals surface area contributed by atoms with Crippen LogP contribution in [0.25, 0.3) is 0 Å². The maximum atomic E-state index is 11.0. The van der Waals surface area contributed by atoms with Gasteiger partial charge in [-0.1, -0.05) is 6.92 Å². The van der Waals surface area contributed by atoms with Gasteiger partial charge in [-0.25, -0.2) is 0 Å². The molecule has 0 aromatic carbocycles. The fraction of sp³-hybridized carbons (Fsp3) is 0.625. The van der Waals surface area contributed by atoms with E-state index in [9.17, 15) is 4.79 Å². The van der Waals surface area contributed by atoms with E-state index in [1.807, 2.05) is 25.1 Å². The first-order valence-corrected chi connectivity index (χ1v) is 4.10. The molecule has 0 aliphatic carbocycles. The van der Waals surface area contributed by atoms with E-state index in [-0.39, 0.29) is 4.48 Å². The van der Waals surface area contributed by atoms with E-state index in [2.05, 4.69) is 0 Å². The number of nitrogens with zero attached hydrogens (tertiary/aromatic N) is 2. The Hall–Kier alpha value is -1.03. The van der Waals surface area contributed by atoms with E-state index in [0.717, 1.165) is 6.42 Å². The molecule has 1 N–H and O–H groups in total. The van der Waals surface area contributed by atoms with Gasteiger partial charge in [0.15, 0.2) is 6.67 Å². The summed E-state index contributed by atoms with van der Waals surface area (Å²) < 4.78 is 0.0486. The van der Waals surface area contributed by atoms with Gasteiger partial charge < -0.3 is 10.0 Å². The van der Waals surface area contributed by atoms with E-state index >= 15 is 0 Å². The third kappa shape index (κ3) is 1.43. The second-order valence-electron chi connectivity index (χ2n) is 3.24. The Labute approximate surface area is 72.3 Å². The van der Waals surface area contributed by atoms with Crippen molar-refractivity contribution in [1.82, 2.24) is 4.90 Å². The zero-order valence-electron chi connectivity index (χ0n) is 7.53. The van der Waals surface area contributed by atoms with Crippen molar-refractivity contribution in [2.24, 2.45) is 0 Å². The van der Waals surface area contributed by atoms with Crippen LogP contribution in [0.2, 0.25) is 0 Å². The second-order valence-corrected chi connectivity index (χ2v) is 3.24. The molecule has 1 atom stereocenters. The minimum atomic E-state index is -0.766. The van der Waals surface area contributed by atoms with Crippen molar-refractivity contribution in [2.45, 2.75) is 13.3 Å². The van der Waals surface area contributed by atoms with Crippen molar-refractivity contribution >= 4 is 6.09 Å². The van der Waals surface area contributed by atoms with Gasteiger partial charge in [-0.15, -0.1) is 0 Å². The SMILES string of the molecule is CCC[N+]1(C(=O)O)C=CN(C)C1. The first kappa shape index (κ1) is 9.06. The maximum Gasteiger partial charge on any atom is 0.519 e. The van der Waals surface area contributed by atoms with Gasteiger partial charge in [0.1, 0.15) is 6.20 Å². The van der Waals surface area contributed by atoms with E-state index in [1.165, 1.54) is 0 Å². The molecule has 68 valence electrons. The predicted octanol–water partition coefficient (Wildman–Crippen LogP) is 1.27. The molecule has 4 nitrogen and oxygen atoms in total. The summed E-state index contributed by atoms with van der Waals surface area (Å²) in [4.78, 5) is 12.8. The molecule has 0 radical (unpaired) electrons. The van der Waals surface area contributed by atoms with Crippen LogP contribution in [-0.4, -0.2) is 40.8 Å². The van der Waals surface area contributed by atoms with Crippen molar-refractivity contribution in [3.8, 4) is 0 Å². The molecule has 0 aromatic heterocycles. The molecule has 0 spiro atoms. The molecule has 12 heavy (non-hydrogen) atoms. The van der Waals surface area contributed by atoms with Crippen molar-refractivity contribution in [3.05, 3.63) is 12.4 Å². The quantitative estimate of drug-likeness (QED) is 0.636. The lowest BCUT2D eigenvalue weighted by Crippen LogP contribution is -2.48. The van der Waals surface area contributed by atoms with Gasteiger partial charge in [0.25, 0.3) is 0 Å². The average Bonchev–Trinajstić information content (AvgIpc) is 2.34. The molecule has 4 heteroatoms. The van der Waals surface area contributed by atoms with Gasteiger partial charge in [0.05, 0.1) is 12.7 Å². The number of amides is 1. The molecule has 1 rings (SSSR count). The lowest BCUT2D eigenvalue weighted by atomic mass is 10.4. The fourth-order valence-corrected chi connectivity index (χ4v) is 1.50. The first-order chi connectivity index (χ1) is 5.60. The Balaban J connectivity index is 2.76. The first-order valence-electron chi connectivity index (χ1n) is 4.10. The van der Waals surface area contributed by atoms with Crippen LogP contribution < -0.4 is 0 Å². The van der Waals surface area contributed by atoms with Crippen LogP contribution in [0.15, 0.2) is 12.4 Å². The van der Waals surface area contributed by atoms with Gasteiger partial charge >= 0.3 is 6.09 Å². The summed E-state index contributed by atoms with van der Waals surface area (Å²) >= 11 is 0. The molecule has 0 aromatic rings. The standard InChI is InChI=1S/C8H14N2O2/c1-3-5-10(8(11)12)6-4-9(2)7-10/h4,6H,3,5,7H2,1-2H3/p+1. The van der Waals surface area contributed by atoms with Crippen molar-refractivity contribution in [3.63, 3.8) is 0 Å². The number of quaternary nitrogens is 1. The van der Waals surface area contributed by atoms with Gasteiger partial charge in [0, 0.05) is 7.05 Å². The highest BCUT2D eigenvalue weighted by Crippen LogP contribution is 2.17. The molecule has 0 bridgehead atoms. The molecule has 1 unspecified atom stereocenters. The third-order valence-corrected chi connectivity index (χ3v) is 2.09. The number of carbonyl (C=O) groups is 1. The van der Waals surface area contributed by atoms with Crippen LogP contribution in [0.5, 0.6) is 0 Å². The molecule has 1 amide bonds. The molecule has 0 saturated heterocycles. The topological polar surface area (TPSA) is 40.5 Å². The van der Waals surface area contributed by atoms with Crippen LogP contribution in [0.1, 0.15) is 13.3 Å². The molecular weight excluding hydrogens is 156 g/mol. The lowest BCUT2D eigenvalue weighted by molar-refractivity contribution is -0.808. The second kappa shape index (κ2) is 3.15. The Morgan fingerprint density at radius 2 is 2.42 bits per heavy atom. The van der Waals surface area contributed by atoms with E-state index in [0.29, 0.717) is 13.2 Å². The normalized spacial score (nSPS) is 28.0. The largest absolute Gasteiger partial charge is 0.519 e. The number of hydrogen-bond acceptors (Lipinski definition) is 2. The minimum absolute atomic E-state index is 0.0486. The van der Waals surface area contributed by atoms with Gasteiger partial charge in [-0.05, 0) is 6.42 Å². The van der Waals surface area contributed by atoms with Crippen LogP contribution in [0.4, 0.5) is 4.79 Å². The Morgan fingerprint density at radius 3 is 2.75 bits per heavy atom. The highest BCUT2D eigenvalue weighted by Gasteiger charge is 2.38. The number of carboxylic acid groups (broad SMARTS) is 1. The van der Waals surface area contributed by atoms with Gasteiger partial charge in [-0.3, -0.25) is 0 Å². The highest BCUT2D eigenvalue weighted by atomic mass is 16.4. The summed E-state index contributed by atoms with van der Waals surface area (Å²) in [5, 5.41) is 9.01. The number of hydrogen-bond donors (Lipinski definition) is 1. The smallest absolute Gasteiger partial charge is 0.435 e. The third-order valence-electron chi connectivity index (χ3n) is 2.09. The molecule has 0 saturated carbocycles. The fourth-order valence-electron chi connectivity index (χ4n) is 1.50. The van der Waals surface area contributed by atoms with Crippen LogP contribution in [0, 0.1) is 0 Å².